The van der Waals surface area contributed by atoms with Gasteiger partial charge in [0.1, 0.15) is 0 Å². The summed E-state index contributed by atoms with van der Waals surface area (Å²) in [5.74, 6) is 0.170. The summed E-state index contributed by atoms with van der Waals surface area (Å²) in [6.07, 6.45) is 3.99. The monoisotopic (exact) mass is 388 g/mol. The summed E-state index contributed by atoms with van der Waals surface area (Å²) in [5, 5.41) is 2.95. The van der Waals surface area contributed by atoms with Crippen LogP contribution in [-0.2, 0) is 16.0 Å². The summed E-state index contributed by atoms with van der Waals surface area (Å²) in [7, 11) is 0. The molecule has 1 aliphatic heterocycles. The Hall–Kier alpha value is -2.95. The first kappa shape index (κ1) is 18.1. The van der Waals surface area contributed by atoms with Crippen LogP contribution in [0.5, 0.6) is 0 Å². The van der Waals surface area contributed by atoms with Gasteiger partial charge in [0, 0.05) is 11.3 Å². The van der Waals surface area contributed by atoms with Crippen molar-refractivity contribution in [3.05, 3.63) is 59.7 Å². The van der Waals surface area contributed by atoms with Gasteiger partial charge in [-0.05, 0) is 73.4 Å². The molecule has 3 fully saturated rings. The van der Waals surface area contributed by atoms with Crippen LogP contribution in [-0.4, -0.2) is 17.7 Å². The van der Waals surface area contributed by atoms with Crippen LogP contribution in [0.4, 0.5) is 11.4 Å². The SMILES string of the molecule is CCc1ccccc1NC(=O)c1ccc(N2C(=O)[C@@H]3[C@@H]4CC[C@@H](C4)[C@@H]3C2=O)cc1. The highest BCUT2D eigenvalue weighted by Crippen LogP contribution is 2.56. The van der Waals surface area contributed by atoms with Crippen molar-refractivity contribution in [1.29, 1.82) is 0 Å². The first-order chi connectivity index (χ1) is 14.1. The summed E-state index contributed by atoms with van der Waals surface area (Å²) in [5.41, 5.74) is 2.95. The highest BCUT2D eigenvalue weighted by molar-refractivity contribution is 6.22. The molecule has 3 amide bonds. The van der Waals surface area contributed by atoms with Crippen LogP contribution in [0.15, 0.2) is 48.5 Å². The van der Waals surface area contributed by atoms with E-state index < -0.39 is 0 Å². The molecule has 148 valence electrons. The number of carbonyl (C=O) groups excluding carboxylic acids is 3. The van der Waals surface area contributed by atoms with E-state index in [1.54, 1.807) is 24.3 Å². The Kier molecular flexibility index (Phi) is 4.26. The van der Waals surface area contributed by atoms with Crippen LogP contribution in [0, 0.1) is 23.7 Å². The molecular formula is C24H24N2O3. The third kappa shape index (κ3) is 2.79. The molecule has 2 aromatic carbocycles. The van der Waals surface area contributed by atoms with E-state index in [-0.39, 0.29) is 29.6 Å². The Labute approximate surface area is 170 Å². The van der Waals surface area contributed by atoms with Crippen LogP contribution in [0.3, 0.4) is 0 Å². The molecule has 1 N–H and O–H groups in total. The van der Waals surface area contributed by atoms with Crippen molar-refractivity contribution in [3.63, 3.8) is 0 Å². The lowest BCUT2D eigenvalue weighted by Crippen LogP contribution is -2.32. The largest absolute Gasteiger partial charge is 0.322 e. The highest BCUT2D eigenvalue weighted by Gasteiger charge is 2.61. The number of anilines is 2. The molecule has 2 aliphatic carbocycles. The van der Waals surface area contributed by atoms with Crippen molar-refractivity contribution < 1.29 is 14.4 Å². The normalized spacial score (nSPS) is 27.4. The zero-order valence-electron chi connectivity index (χ0n) is 16.4. The maximum absolute atomic E-state index is 12.9. The standard InChI is InChI=1S/C24H24N2O3/c1-2-14-5-3-4-6-19(14)25-22(27)15-9-11-18(12-10-15)26-23(28)20-16-7-8-17(13-16)21(20)24(26)29/h3-6,9-12,16-17,20-21H,2,7-8,13H2,1H3,(H,25,27)/t16-,17+,20-,21+. The Morgan fingerprint density at radius 3 is 2.21 bits per heavy atom. The van der Waals surface area contributed by atoms with Crippen LogP contribution in [0.2, 0.25) is 0 Å². The Balaban J connectivity index is 1.35. The number of para-hydroxylation sites is 1. The van der Waals surface area contributed by atoms with Crippen LogP contribution in [0.25, 0.3) is 0 Å². The number of fused-ring (bicyclic) bond motifs is 5. The van der Waals surface area contributed by atoms with Crippen molar-refractivity contribution >= 4 is 29.1 Å². The lowest BCUT2D eigenvalue weighted by Gasteiger charge is -2.19. The number of carbonyl (C=O) groups is 3. The molecule has 4 atom stereocenters. The first-order valence-electron chi connectivity index (χ1n) is 10.5. The maximum atomic E-state index is 12.9. The van der Waals surface area contributed by atoms with Gasteiger partial charge in [0.15, 0.2) is 0 Å². The van der Waals surface area contributed by atoms with E-state index in [1.807, 2.05) is 31.2 Å². The van der Waals surface area contributed by atoms with Gasteiger partial charge in [0.2, 0.25) is 11.8 Å². The smallest absolute Gasteiger partial charge is 0.255 e. The van der Waals surface area contributed by atoms with Gasteiger partial charge in [0.25, 0.3) is 5.91 Å². The van der Waals surface area contributed by atoms with Crippen LogP contribution < -0.4 is 10.2 Å². The van der Waals surface area contributed by atoms with Gasteiger partial charge in [-0.2, -0.15) is 0 Å². The molecule has 0 radical (unpaired) electrons. The number of imide groups is 1. The molecule has 2 aromatic rings. The van der Waals surface area contributed by atoms with E-state index in [9.17, 15) is 14.4 Å². The number of hydrogen-bond donors (Lipinski definition) is 1. The average Bonchev–Trinajstić information content (AvgIpc) is 3.42. The molecule has 1 heterocycles. The molecule has 0 aromatic heterocycles. The molecule has 2 bridgehead atoms. The average molecular weight is 388 g/mol. The fourth-order valence-electron chi connectivity index (χ4n) is 5.57. The zero-order valence-corrected chi connectivity index (χ0v) is 16.4. The van der Waals surface area contributed by atoms with E-state index in [0.29, 0.717) is 23.1 Å². The van der Waals surface area contributed by atoms with Crippen molar-refractivity contribution in [3.8, 4) is 0 Å². The molecule has 0 spiro atoms. The highest BCUT2D eigenvalue weighted by atomic mass is 16.2. The number of nitrogens with zero attached hydrogens (tertiary/aromatic N) is 1. The minimum Gasteiger partial charge on any atom is -0.322 e. The summed E-state index contributed by atoms with van der Waals surface area (Å²) in [4.78, 5) is 39.9. The lowest BCUT2D eigenvalue weighted by molar-refractivity contribution is -0.123. The minimum atomic E-state index is -0.202. The number of hydrogen-bond acceptors (Lipinski definition) is 3. The number of aryl methyl sites for hydroxylation is 1. The fraction of sp³-hybridized carbons (Fsp3) is 0.375. The quantitative estimate of drug-likeness (QED) is 0.804. The second kappa shape index (κ2) is 6.83. The second-order valence-electron chi connectivity index (χ2n) is 8.41. The second-order valence-corrected chi connectivity index (χ2v) is 8.41. The van der Waals surface area contributed by atoms with Gasteiger partial charge in [-0.1, -0.05) is 25.1 Å². The predicted molar refractivity (Wildman–Crippen MR) is 111 cm³/mol. The summed E-state index contributed by atoms with van der Waals surface area (Å²) < 4.78 is 0. The van der Waals surface area contributed by atoms with Gasteiger partial charge < -0.3 is 5.32 Å². The predicted octanol–water partition coefficient (Wildman–Crippen LogP) is 4.04. The Morgan fingerprint density at radius 2 is 1.59 bits per heavy atom. The third-order valence-corrected chi connectivity index (χ3v) is 6.96. The van der Waals surface area contributed by atoms with Crippen molar-refractivity contribution in [2.45, 2.75) is 32.6 Å². The molecule has 3 aliphatic rings. The Morgan fingerprint density at radius 1 is 0.966 bits per heavy atom. The summed E-state index contributed by atoms with van der Waals surface area (Å²) in [6, 6.07) is 14.5. The summed E-state index contributed by atoms with van der Waals surface area (Å²) >= 11 is 0. The molecule has 2 saturated carbocycles. The minimum absolute atomic E-state index is 0.0544. The van der Waals surface area contributed by atoms with Gasteiger partial charge in [0.05, 0.1) is 17.5 Å². The van der Waals surface area contributed by atoms with Gasteiger partial charge >= 0.3 is 0 Å². The van der Waals surface area contributed by atoms with Gasteiger partial charge in [-0.3, -0.25) is 19.3 Å². The molecule has 0 unspecified atom stereocenters. The number of rotatable bonds is 4. The van der Waals surface area contributed by atoms with Crippen molar-refractivity contribution in [2.75, 3.05) is 10.2 Å². The van der Waals surface area contributed by atoms with E-state index in [2.05, 4.69) is 5.32 Å². The van der Waals surface area contributed by atoms with E-state index >= 15 is 0 Å². The lowest BCUT2D eigenvalue weighted by atomic mass is 9.81. The number of amides is 3. The number of benzene rings is 2. The molecule has 5 rings (SSSR count). The Bertz CT molecular complexity index is 969. The van der Waals surface area contributed by atoms with Crippen LogP contribution in [0.1, 0.15) is 42.1 Å². The van der Waals surface area contributed by atoms with Crippen LogP contribution >= 0.6 is 0 Å². The molecular weight excluding hydrogens is 364 g/mol. The summed E-state index contributed by atoms with van der Waals surface area (Å²) in [6.45, 7) is 2.05. The third-order valence-electron chi connectivity index (χ3n) is 6.96. The maximum Gasteiger partial charge on any atom is 0.255 e. The first-order valence-corrected chi connectivity index (χ1v) is 10.5. The molecule has 5 nitrogen and oxygen atoms in total. The van der Waals surface area contributed by atoms with Crippen molar-refractivity contribution in [1.82, 2.24) is 0 Å². The van der Waals surface area contributed by atoms with Crippen molar-refractivity contribution in [2.24, 2.45) is 23.7 Å². The topological polar surface area (TPSA) is 66.5 Å². The molecule has 1 saturated heterocycles. The van der Waals surface area contributed by atoms with E-state index in [1.165, 1.54) is 4.90 Å². The van der Waals surface area contributed by atoms with Gasteiger partial charge in [-0.25, -0.2) is 0 Å². The molecule has 5 heteroatoms. The molecule has 29 heavy (non-hydrogen) atoms. The van der Waals surface area contributed by atoms with E-state index in [4.69, 9.17) is 0 Å². The zero-order chi connectivity index (χ0) is 20.1. The fourth-order valence-corrected chi connectivity index (χ4v) is 5.57. The number of nitrogens with one attached hydrogen (secondary N) is 1. The van der Waals surface area contributed by atoms with E-state index in [0.717, 1.165) is 36.9 Å². The van der Waals surface area contributed by atoms with Gasteiger partial charge in [-0.15, -0.1) is 0 Å².